The van der Waals surface area contributed by atoms with Crippen LogP contribution in [0, 0.1) is 17.0 Å². The van der Waals surface area contributed by atoms with Gasteiger partial charge in [-0.3, -0.25) is 19.7 Å². The van der Waals surface area contributed by atoms with Crippen LogP contribution in [0.1, 0.15) is 22.3 Å². The fraction of sp³-hybridized carbons (Fsp3) is 0.222. The lowest BCUT2D eigenvalue weighted by atomic mass is 10.2. The maximum atomic E-state index is 12.1. The normalized spacial score (nSPS) is 10.2. The molecular formula is C18H18ClN3O5. The van der Waals surface area contributed by atoms with Gasteiger partial charge in [0.1, 0.15) is 5.75 Å². The molecule has 0 saturated heterocycles. The van der Waals surface area contributed by atoms with Crippen LogP contribution in [0.3, 0.4) is 0 Å². The molecule has 9 heteroatoms. The van der Waals surface area contributed by atoms with E-state index in [1.165, 1.54) is 31.4 Å². The van der Waals surface area contributed by atoms with Gasteiger partial charge in [-0.2, -0.15) is 0 Å². The standard InChI is InChI=1S/C18H18ClN3O5/c1-11-9-15(16(27-2)10-14(11)19)21-17(23)7-8-20-18(24)12-3-5-13(6-4-12)22(25)26/h3-6,9-10H,7-8H2,1-2H3,(H,20,24)(H,21,23). The second-order valence-corrected chi connectivity index (χ2v) is 6.07. The van der Waals surface area contributed by atoms with Crippen LogP contribution in [0.15, 0.2) is 36.4 Å². The molecule has 2 rings (SSSR count). The Morgan fingerprint density at radius 3 is 2.48 bits per heavy atom. The molecule has 0 aliphatic rings. The quantitative estimate of drug-likeness (QED) is 0.555. The van der Waals surface area contributed by atoms with Crippen LogP contribution in [-0.2, 0) is 4.79 Å². The van der Waals surface area contributed by atoms with Crippen molar-refractivity contribution in [2.24, 2.45) is 0 Å². The predicted octanol–water partition coefficient (Wildman–Crippen LogP) is 3.32. The third-order valence-electron chi connectivity index (χ3n) is 3.73. The number of nitro benzene ring substituents is 1. The predicted molar refractivity (Wildman–Crippen MR) is 101 cm³/mol. The number of nitrogens with zero attached hydrogens (tertiary/aromatic N) is 1. The molecule has 0 aliphatic heterocycles. The number of carbonyl (C=O) groups excluding carboxylic acids is 2. The Labute approximate surface area is 160 Å². The van der Waals surface area contributed by atoms with Crippen molar-refractivity contribution < 1.29 is 19.2 Å². The zero-order chi connectivity index (χ0) is 20.0. The molecule has 8 nitrogen and oxygen atoms in total. The molecule has 0 radical (unpaired) electrons. The number of non-ortho nitro benzene ring substituents is 1. The smallest absolute Gasteiger partial charge is 0.269 e. The lowest BCUT2D eigenvalue weighted by Crippen LogP contribution is -2.27. The number of anilines is 1. The van der Waals surface area contributed by atoms with Gasteiger partial charge in [0.15, 0.2) is 0 Å². The average molecular weight is 392 g/mol. The summed E-state index contributed by atoms with van der Waals surface area (Å²) in [5, 5.41) is 16.4. The number of benzene rings is 2. The summed E-state index contributed by atoms with van der Waals surface area (Å²) >= 11 is 6.03. The molecule has 0 aliphatic carbocycles. The molecule has 0 saturated carbocycles. The van der Waals surface area contributed by atoms with Crippen LogP contribution in [-0.4, -0.2) is 30.4 Å². The van der Waals surface area contributed by atoms with E-state index in [0.717, 1.165) is 5.56 Å². The molecule has 142 valence electrons. The molecule has 0 fully saturated rings. The Morgan fingerprint density at radius 2 is 1.89 bits per heavy atom. The van der Waals surface area contributed by atoms with Gasteiger partial charge in [-0.1, -0.05) is 11.6 Å². The molecule has 0 unspecified atom stereocenters. The Kier molecular flexibility index (Phi) is 6.73. The van der Waals surface area contributed by atoms with Crippen molar-refractivity contribution >= 4 is 34.8 Å². The van der Waals surface area contributed by atoms with Crippen molar-refractivity contribution in [2.45, 2.75) is 13.3 Å². The Balaban J connectivity index is 1.88. The average Bonchev–Trinajstić information content (AvgIpc) is 2.64. The second-order valence-electron chi connectivity index (χ2n) is 5.66. The first-order valence-corrected chi connectivity index (χ1v) is 8.36. The summed E-state index contributed by atoms with van der Waals surface area (Å²) in [7, 11) is 1.47. The van der Waals surface area contributed by atoms with Crippen LogP contribution in [0.5, 0.6) is 5.75 Å². The van der Waals surface area contributed by atoms with Crippen molar-refractivity contribution in [3.8, 4) is 5.75 Å². The minimum Gasteiger partial charge on any atom is -0.495 e. The highest BCUT2D eigenvalue weighted by Gasteiger charge is 2.12. The number of nitrogens with one attached hydrogen (secondary N) is 2. The van der Waals surface area contributed by atoms with Crippen molar-refractivity contribution in [3.63, 3.8) is 0 Å². The number of carbonyl (C=O) groups is 2. The number of rotatable bonds is 7. The summed E-state index contributed by atoms with van der Waals surface area (Å²) in [5.74, 6) is -0.287. The van der Waals surface area contributed by atoms with E-state index in [4.69, 9.17) is 16.3 Å². The van der Waals surface area contributed by atoms with Crippen molar-refractivity contribution in [2.75, 3.05) is 19.0 Å². The zero-order valence-electron chi connectivity index (χ0n) is 14.7. The van der Waals surface area contributed by atoms with Gasteiger partial charge < -0.3 is 15.4 Å². The Bertz CT molecular complexity index is 868. The molecule has 0 spiro atoms. The molecule has 2 amide bonds. The summed E-state index contributed by atoms with van der Waals surface area (Å²) < 4.78 is 5.19. The van der Waals surface area contributed by atoms with Gasteiger partial charge in [0.05, 0.1) is 17.7 Å². The highest BCUT2D eigenvalue weighted by Crippen LogP contribution is 2.30. The molecule has 2 aromatic rings. The van der Waals surface area contributed by atoms with E-state index < -0.39 is 10.8 Å². The third-order valence-corrected chi connectivity index (χ3v) is 4.14. The monoisotopic (exact) mass is 391 g/mol. The van der Waals surface area contributed by atoms with E-state index in [-0.39, 0.29) is 30.1 Å². The van der Waals surface area contributed by atoms with Crippen LogP contribution in [0.2, 0.25) is 5.02 Å². The molecular weight excluding hydrogens is 374 g/mol. The summed E-state index contributed by atoms with van der Waals surface area (Å²) in [4.78, 5) is 34.2. The summed E-state index contributed by atoms with van der Waals surface area (Å²) in [6, 6.07) is 8.52. The van der Waals surface area contributed by atoms with Gasteiger partial charge in [-0.25, -0.2) is 0 Å². The van der Waals surface area contributed by atoms with Gasteiger partial charge in [0.2, 0.25) is 5.91 Å². The molecule has 2 aromatic carbocycles. The number of methoxy groups -OCH3 is 1. The number of halogens is 1. The van der Waals surface area contributed by atoms with E-state index >= 15 is 0 Å². The van der Waals surface area contributed by atoms with Crippen molar-refractivity contribution in [1.82, 2.24) is 5.32 Å². The largest absolute Gasteiger partial charge is 0.495 e. The molecule has 0 aromatic heterocycles. The van der Waals surface area contributed by atoms with E-state index in [0.29, 0.717) is 16.5 Å². The SMILES string of the molecule is COc1cc(Cl)c(C)cc1NC(=O)CCNC(=O)c1ccc([N+](=O)[O-])cc1. The highest BCUT2D eigenvalue weighted by molar-refractivity contribution is 6.31. The molecule has 2 N–H and O–H groups in total. The summed E-state index contributed by atoms with van der Waals surface area (Å²) in [6.45, 7) is 1.92. The molecule has 27 heavy (non-hydrogen) atoms. The summed E-state index contributed by atoms with van der Waals surface area (Å²) in [5.41, 5.74) is 1.46. The van der Waals surface area contributed by atoms with Crippen molar-refractivity contribution in [3.05, 3.63) is 62.7 Å². The maximum absolute atomic E-state index is 12.1. The number of aryl methyl sites for hydroxylation is 1. The minimum absolute atomic E-state index is 0.0452. The lowest BCUT2D eigenvalue weighted by Gasteiger charge is -2.12. The first kappa shape index (κ1) is 20.2. The summed E-state index contributed by atoms with van der Waals surface area (Å²) in [6.07, 6.45) is 0.0452. The van der Waals surface area contributed by atoms with Crippen LogP contribution < -0.4 is 15.4 Å². The van der Waals surface area contributed by atoms with Crippen LogP contribution in [0.25, 0.3) is 0 Å². The Morgan fingerprint density at radius 1 is 1.22 bits per heavy atom. The van der Waals surface area contributed by atoms with E-state index in [1.807, 2.05) is 6.92 Å². The van der Waals surface area contributed by atoms with Gasteiger partial charge in [-0.05, 0) is 30.7 Å². The van der Waals surface area contributed by atoms with Crippen LogP contribution in [0.4, 0.5) is 11.4 Å². The zero-order valence-corrected chi connectivity index (χ0v) is 15.5. The number of nitro groups is 1. The minimum atomic E-state index is -0.543. The van der Waals surface area contributed by atoms with E-state index in [2.05, 4.69) is 10.6 Å². The van der Waals surface area contributed by atoms with Crippen molar-refractivity contribution in [1.29, 1.82) is 0 Å². The fourth-order valence-corrected chi connectivity index (χ4v) is 2.42. The number of ether oxygens (including phenoxy) is 1. The van der Waals surface area contributed by atoms with Crippen LogP contribution >= 0.6 is 11.6 Å². The lowest BCUT2D eigenvalue weighted by molar-refractivity contribution is -0.384. The van der Waals surface area contributed by atoms with Gasteiger partial charge in [0.25, 0.3) is 11.6 Å². The maximum Gasteiger partial charge on any atom is 0.269 e. The number of hydrogen-bond acceptors (Lipinski definition) is 5. The third kappa shape index (κ3) is 5.42. The molecule has 0 bridgehead atoms. The first-order valence-electron chi connectivity index (χ1n) is 7.98. The van der Waals surface area contributed by atoms with Gasteiger partial charge >= 0.3 is 0 Å². The van der Waals surface area contributed by atoms with Gasteiger partial charge in [-0.15, -0.1) is 0 Å². The van der Waals surface area contributed by atoms with Gasteiger partial charge in [0, 0.05) is 41.8 Å². The fourth-order valence-electron chi connectivity index (χ4n) is 2.27. The first-order chi connectivity index (χ1) is 12.8. The van der Waals surface area contributed by atoms with E-state index in [1.54, 1.807) is 12.1 Å². The molecule has 0 atom stereocenters. The molecule has 0 heterocycles. The Hall–Kier alpha value is -3.13. The highest BCUT2D eigenvalue weighted by atomic mass is 35.5. The number of amides is 2. The second kappa shape index (κ2) is 9.00. The number of hydrogen-bond donors (Lipinski definition) is 2. The van der Waals surface area contributed by atoms with E-state index in [9.17, 15) is 19.7 Å². The topological polar surface area (TPSA) is 111 Å².